The van der Waals surface area contributed by atoms with E-state index in [0.29, 0.717) is 12.0 Å². The van der Waals surface area contributed by atoms with E-state index in [0.717, 1.165) is 22.4 Å². The predicted molar refractivity (Wildman–Crippen MR) is 82.5 cm³/mol. The van der Waals surface area contributed by atoms with Crippen molar-refractivity contribution in [2.24, 2.45) is 0 Å². The molecule has 2 aromatic carbocycles. The number of nitrogens with zero attached hydrogens (tertiary/aromatic N) is 1. The third-order valence-corrected chi connectivity index (χ3v) is 3.45. The molecule has 0 saturated carbocycles. The highest BCUT2D eigenvalue weighted by molar-refractivity contribution is 5.92. The third-order valence-electron chi connectivity index (χ3n) is 3.45. The molecule has 20 heavy (non-hydrogen) atoms. The molecule has 2 rings (SSSR count). The normalized spacial score (nSPS) is 10.3. The average molecular weight is 269 g/mol. The van der Waals surface area contributed by atoms with Gasteiger partial charge in [-0.25, -0.2) is 4.79 Å². The molecule has 3 nitrogen and oxygen atoms in total. The van der Waals surface area contributed by atoms with Crippen molar-refractivity contribution in [1.82, 2.24) is 0 Å². The number of aromatic carboxylic acids is 1. The van der Waals surface area contributed by atoms with E-state index in [1.807, 2.05) is 56.3 Å². The minimum atomic E-state index is -0.867. The highest BCUT2D eigenvalue weighted by atomic mass is 16.4. The fourth-order valence-electron chi connectivity index (χ4n) is 2.38. The Morgan fingerprint density at radius 3 is 2.25 bits per heavy atom. The molecule has 0 amide bonds. The summed E-state index contributed by atoms with van der Waals surface area (Å²) in [6.07, 6.45) is 0.702. The van der Waals surface area contributed by atoms with Gasteiger partial charge < -0.3 is 10.0 Å². The number of anilines is 1. The zero-order chi connectivity index (χ0) is 14.7. The highest BCUT2D eigenvalue weighted by Gasteiger charge is 2.13. The zero-order valence-corrected chi connectivity index (χ0v) is 12.1. The fraction of sp³-hybridized carbons (Fsp3) is 0.235. The largest absolute Gasteiger partial charge is 0.478 e. The second-order valence-electron chi connectivity index (χ2n) is 4.93. The molecule has 1 N–H and O–H groups in total. The SMILES string of the molecule is CCc1c(C(=O)O)cccc1-c1ccc(N(C)C)cc1. The van der Waals surface area contributed by atoms with E-state index in [1.54, 1.807) is 12.1 Å². The van der Waals surface area contributed by atoms with E-state index in [-0.39, 0.29) is 0 Å². The van der Waals surface area contributed by atoms with Gasteiger partial charge >= 0.3 is 5.97 Å². The summed E-state index contributed by atoms with van der Waals surface area (Å²) in [5, 5.41) is 9.28. The number of carbonyl (C=O) groups is 1. The quantitative estimate of drug-likeness (QED) is 0.920. The van der Waals surface area contributed by atoms with Crippen LogP contribution in [0.25, 0.3) is 11.1 Å². The lowest BCUT2D eigenvalue weighted by Crippen LogP contribution is -2.08. The van der Waals surface area contributed by atoms with Crippen LogP contribution in [0.15, 0.2) is 42.5 Å². The van der Waals surface area contributed by atoms with Crippen molar-refractivity contribution >= 4 is 11.7 Å². The van der Waals surface area contributed by atoms with E-state index >= 15 is 0 Å². The summed E-state index contributed by atoms with van der Waals surface area (Å²) in [7, 11) is 4.00. The summed E-state index contributed by atoms with van der Waals surface area (Å²) in [4.78, 5) is 13.3. The molecule has 0 aliphatic carbocycles. The van der Waals surface area contributed by atoms with Gasteiger partial charge in [-0.1, -0.05) is 31.2 Å². The fourth-order valence-corrected chi connectivity index (χ4v) is 2.38. The second kappa shape index (κ2) is 5.78. The number of carboxylic acid groups (broad SMARTS) is 1. The van der Waals surface area contributed by atoms with Gasteiger partial charge in [0.2, 0.25) is 0 Å². The Hall–Kier alpha value is -2.29. The Kier molecular flexibility index (Phi) is 4.08. The van der Waals surface area contributed by atoms with Crippen LogP contribution in [0.4, 0.5) is 5.69 Å². The number of benzene rings is 2. The van der Waals surface area contributed by atoms with Gasteiger partial charge in [0.1, 0.15) is 0 Å². The Labute approximate surface area is 119 Å². The standard InChI is InChI=1S/C17H19NO2/c1-4-14-15(6-5-7-16(14)17(19)20)12-8-10-13(11-9-12)18(2)3/h5-11H,4H2,1-3H3,(H,19,20). The first-order valence-electron chi connectivity index (χ1n) is 6.67. The minimum Gasteiger partial charge on any atom is -0.478 e. The summed E-state index contributed by atoms with van der Waals surface area (Å²) in [6, 6.07) is 13.6. The van der Waals surface area contributed by atoms with Crippen molar-refractivity contribution in [3.05, 3.63) is 53.6 Å². The molecule has 0 unspecified atom stereocenters. The first kappa shape index (κ1) is 14.1. The van der Waals surface area contributed by atoms with Crippen LogP contribution in [0.5, 0.6) is 0 Å². The maximum absolute atomic E-state index is 11.3. The van der Waals surface area contributed by atoms with Crippen molar-refractivity contribution < 1.29 is 9.90 Å². The summed E-state index contributed by atoms with van der Waals surface area (Å²) >= 11 is 0. The summed E-state index contributed by atoms with van der Waals surface area (Å²) in [6.45, 7) is 1.99. The van der Waals surface area contributed by atoms with E-state index in [9.17, 15) is 9.90 Å². The molecule has 0 atom stereocenters. The van der Waals surface area contributed by atoms with Crippen LogP contribution in [0, 0.1) is 0 Å². The topological polar surface area (TPSA) is 40.5 Å². The van der Waals surface area contributed by atoms with Gasteiger partial charge in [-0.05, 0) is 41.3 Å². The van der Waals surface area contributed by atoms with Crippen LogP contribution in [0.2, 0.25) is 0 Å². The number of rotatable bonds is 4. The van der Waals surface area contributed by atoms with E-state index in [1.165, 1.54) is 0 Å². The average Bonchev–Trinajstić information content (AvgIpc) is 2.46. The minimum absolute atomic E-state index is 0.390. The molecule has 0 bridgehead atoms. The van der Waals surface area contributed by atoms with Gasteiger partial charge in [-0.3, -0.25) is 0 Å². The van der Waals surface area contributed by atoms with Gasteiger partial charge in [-0.2, -0.15) is 0 Å². The summed E-state index contributed by atoms with van der Waals surface area (Å²) in [5.41, 5.74) is 4.45. The Balaban J connectivity index is 2.52. The summed E-state index contributed by atoms with van der Waals surface area (Å²) in [5.74, 6) is -0.867. The van der Waals surface area contributed by atoms with Crippen molar-refractivity contribution in [2.75, 3.05) is 19.0 Å². The molecule has 0 heterocycles. The molecular formula is C17H19NO2. The van der Waals surface area contributed by atoms with E-state index in [4.69, 9.17) is 0 Å². The van der Waals surface area contributed by atoms with Crippen LogP contribution in [-0.4, -0.2) is 25.2 Å². The number of carboxylic acids is 1. The van der Waals surface area contributed by atoms with Crippen molar-refractivity contribution in [3.63, 3.8) is 0 Å². The van der Waals surface area contributed by atoms with Crippen LogP contribution < -0.4 is 4.90 Å². The lowest BCUT2D eigenvalue weighted by Gasteiger charge is -2.15. The van der Waals surface area contributed by atoms with Gasteiger partial charge in [0.05, 0.1) is 5.56 Å². The van der Waals surface area contributed by atoms with Crippen molar-refractivity contribution in [3.8, 4) is 11.1 Å². The summed E-state index contributed by atoms with van der Waals surface area (Å²) < 4.78 is 0. The monoisotopic (exact) mass is 269 g/mol. The van der Waals surface area contributed by atoms with Crippen molar-refractivity contribution in [2.45, 2.75) is 13.3 Å². The zero-order valence-electron chi connectivity index (χ0n) is 12.1. The van der Waals surface area contributed by atoms with Crippen LogP contribution in [0.1, 0.15) is 22.8 Å². The molecule has 2 aromatic rings. The number of hydrogen-bond donors (Lipinski definition) is 1. The lowest BCUT2D eigenvalue weighted by molar-refractivity contribution is 0.0696. The molecular weight excluding hydrogens is 250 g/mol. The number of hydrogen-bond acceptors (Lipinski definition) is 2. The Morgan fingerprint density at radius 1 is 1.10 bits per heavy atom. The predicted octanol–water partition coefficient (Wildman–Crippen LogP) is 3.68. The molecule has 104 valence electrons. The van der Waals surface area contributed by atoms with Crippen molar-refractivity contribution in [1.29, 1.82) is 0 Å². The lowest BCUT2D eigenvalue weighted by atomic mass is 9.93. The molecule has 0 aliphatic rings. The van der Waals surface area contributed by atoms with Gasteiger partial charge in [-0.15, -0.1) is 0 Å². The van der Waals surface area contributed by atoms with Crippen LogP contribution >= 0.6 is 0 Å². The van der Waals surface area contributed by atoms with Gasteiger partial charge in [0.15, 0.2) is 0 Å². The maximum Gasteiger partial charge on any atom is 0.335 e. The van der Waals surface area contributed by atoms with Gasteiger partial charge in [0.25, 0.3) is 0 Å². The molecule has 0 aliphatic heterocycles. The van der Waals surface area contributed by atoms with Crippen LogP contribution in [0.3, 0.4) is 0 Å². The van der Waals surface area contributed by atoms with Gasteiger partial charge in [0, 0.05) is 19.8 Å². The molecule has 0 saturated heterocycles. The third kappa shape index (κ3) is 2.67. The van der Waals surface area contributed by atoms with E-state index < -0.39 is 5.97 Å². The Morgan fingerprint density at radius 2 is 1.75 bits per heavy atom. The first-order chi connectivity index (χ1) is 9.54. The highest BCUT2D eigenvalue weighted by Crippen LogP contribution is 2.28. The molecule has 0 fully saturated rings. The smallest absolute Gasteiger partial charge is 0.335 e. The maximum atomic E-state index is 11.3. The molecule has 3 heteroatoms. The molecule has 0 aromatic heterocycles. The van der Waals surface area contributed by atoms with Crippen LogP contribution in [-0.2, 0) is 6.42 Å². The first-order valence-corrected chi connectivity index (χ1v) is 6.67. The molecule has 0 radical (unpaired) electrons. The Bertz CT molecular complexity index is 615. The second-order valence-corrected chi connectivity index (χ2v) is 4.93. The molecule has 0 spiro atoms. The van der Waals surface area contributed by atoms with E-state index in [2.05, 4.69) is 0 Å².